The van der Waals surface area contributed by atoms with Crippen LogP contribution >= 0.6 is 0 Å². The number of carbonyl (C=O) groups is 2. The molecule has 5 nitrogen and oxygen atoms in total. The number of rotatable bonds is 2. The second-order valence-corrected chi connectivity index (χ2v) is 6.32. The maximum atomic E-state index is 12.2. The van der Waals surface area contributed by atoms with Gasteiger partial charge in [-0.05, 0) is 18.3 Å². The van der Waals surface area contributed by atoms with Crippen molar-refractivity contribution in [2.45, 2.75) is 33.6 Å². The van der Waals surface area contributed by atoms with Gasteiger partial charge in [-0.1, -0.05) is 20.8 Å². The van der Waals surface area contributed by atoms with Gasteiger partial charge in [-0.3, -0.25) is 4.79 Å². The molecule has 5 heteroatoms. The summed E-state index contributed by atoms with van der Waals surface area (Å²) in [5.41, 5.74) is 0.0480. The number of likely N-dealkylation sites (tertiary alicyclic amines) is 1. The third-order valence-electron chi connectivity index (χ3n) is 3.08. The number of carbonyl (C=O) groups excluding carboxylic acids is 1. The molecule has 0 spiro atoms. The Morgan fingerprint density at radius 3 is 2.50 bits per heavy atom. The molecule has 1 fully saturated rings. The molecule has 18 heavy (non-hydrogen) atoms. The first-order chi connectivity index (χ1) is 8.20. The van der Waals surface area contributed by atoms with E-state index >= 15 is 0 Å². The van der Waals surface area contributed by atoms with Crippen LogP contribution in [-0.2, 0) is 4.79 Å². The predicted molar refractivity (Wildman–Crippen MR) is 69.4 cm³/mol. The lowest BCUT2D eigenvalue weighted by Crippen LogP contribution is -2.49. The Kier molecular flexibility index (Phi) is 4.59. The van der Waals surface area contributed by atoms with E-state index in [0.29, 0.717) is 26.1 Å². The molecule has 2 amide bonds. The Balaban J connectivity index is 2.58. The zero-order valence-corrected chi connectivity index (χ0v) is 11.8. The summed E-state index contributed by atoms with van der Waals surface area (Å²) in [5.74, 6) is -1.21. The van der Waals surface area contributed by atoms with Crippen LogP contribution in [0.3, 0.4) is 0 Å². The molecule has 0 aromatic heterocycles. The molecule has 0 saturated carbocycles. The van der Waals surface area contributed by atoms with Gasteiger partial charge in [0.05, 0.1) is 5.92 Å². The van der Waals surface area contributed by atoms with E-state index in [2.05, 4.69) is 20.8 Å². The van der Waals surface area contributed by atoms with E-state index in [1.807, 2.05) is 0 Å². The Morgan fingerprint density at radius 1 is 1.39 bits per heavy atom. The maximum absolute atomic E-state index is 12.2. The van der Waals surface area contributed by atoms with Gasteiger partial charge in [-0.25, -0.2) is 4.79 Å². The van der Waals surface area contributed by atoms with Gasteiger partial charge in [-0.15, -0.1) is 0 Å². The molecular formula is C13H24N2O3. The number of nitrogens with zero attached hydrogens (tertiary/aromatic N) is 2. The molecule has 1 heterocycles. The molecule has 1 aliphatic heterocycles. The van der Waals surface area contributed by atoms with E-state index in [9.17, 15) is 9.59 Å². The first-order valence-corrected chi connectivity index (χ1v) is 6.43. The quantitative estimate of drug-likeness (QED) is 0.820. The number of aliphatic carboxylic acids is 1. The van der Waals surface area contributed by atoms with E-state index in [1.165, 1.54) is 0 Å². The van der Waals surface area contributed by atoms with Crippen LogP contribution in [0.1, 0.15) is 33.6 Å². The van der Waals surface area contributed by atoms with Crippen molar-refractivity contribution in [3.8, 4) is 0 Å². The van der Waals surface area contributed by atoms with Gasteiger partial charge in [0.1, 0.15) is 0 Å². The lowest BCUT2D eigenvalue weighted by molar-refractivity contribution is -0.143. The fraction of sp³-hybridized carbons (Fsp3) is 0.846. The largest absolute Gasteiger partial charge is 0.481 e. The normalized spacial score (nSPS) is 20.7. The van der Waals surface area contributed by atoms with Crippen LogP contribution < -0.4 is 0 Å². The van der Waals surface area contributed by atoms with E-state index in [4.69, 9.17) is 5.11 Å². The monoisotopic (exact) mass is 256 g/mol. The third-order valence-corrected chi connectivity index (χ3v) is 3.08. The topological polar surface area (TPSA) is 60.9 Å². The molecule has 0 unspecified atom stereocenters. The summed E-state index contributed by atoms with van der Waals surface area (Å²) >= 11 is 0. The lowest BCUT2D eigenvalue weighted by atomic mass is 9.96. The number of amides is 2. The molecule has 1 N–H and O–H groups in total. The molecule has 0 aliphatic carbocycles. The number of hydrogen-bond donors (Lipinski definition) is 1. The minimum atomic E-state index is -0.800. The van der Waals surface area contributed by atoms with Crippen molar-refractivity contribution in [3.63, 3.8) is 0 Å². The fourth-order valence-corrected chi connectivity index (χ4v) is 2.37. The second kappa shape index (κ2) is 5.59. The average molecular weight is 256 g/mol. The number of carboxylic acid groups (broad SMARTS) is 1. The number of urea groups is 1. The van der Waals surface area contributed by atoms with Gasteiger partial charge in [0.2, 0.25) is 0 Å². The highest BCUT2D eigenvalue weighted by molar-refractivity contribution is 5.76. The molecule has 0 aromatic carbocycles. The summed E-state index contributed by atoms with van der Waals surface area (Å²) in [6.07, 6.45) is 1.44. The molecule has 0 bridgehead atoms. The van der Waals surface area contributed by atoms with Crippen molar-refractivity contribution < 1.29 is 14.7 Å². The van der Waals surface area contributed by atoms with E-state index < -0.39 is 11.9 Å². The van der Waals surface area contributed by atoms with Crippen molar-refractivity contribution in [1.29, 1.82) is 0 Å². The van der Waals surface area contributed by atoms with Crippen LogP contribution in [0.25, 0.3) is 0 Å². The van der Waals surface area contributed by atoms with Crippen LogP contribution in [0.4, 0.5) is 4.79 Å². The lowest BCUT2D eigenvalue weighted by Gasteiger charge is -2.35. The first-order valence-electron chi connectivity index (χ1n) is 6.43. The Bertz CT molecular complexity index is 323. The van der Waals surface area contributed by atoms with Crippen LogP contribution in [0.15, 0.2) is 0 Å². The molecule has 0 radical (unpaired) electrons. The summed E-state index contributed by atoms with van der Waals surface area (Å²) in [7, 11) is 1.78. The molecule has 1 saturated heterocycles. The third kappa shape index (κ3) is 4.20. The van der Waals surface area contributed by atoms with Gasteiger partial charge in [0.25, 0.3) is 0 Å². The first kappa shape index (κ1) is 14.8. The summed E-state index contributed by atoms with van der Waals surface area (Å²) < 4.78 is 0. The highest BCUT2D eigenvalue weighted by Crippen LogP contribution is 2.20. The number of carboxylic acids is 1. The van der Waals surface area contributed by atoms with Crippen LogP contribution in [0, 0.1) is 11.3 Å². The van der Waals surface area contributed by atoms with E-state index in [0.717, 1.165) is 6.42 Å². The molecule has 1 rings (SSSR count). The van der Waals surface area contributed by atoms with Gasteiger partial charge >= 0.3 is 12.0 Å². The maximum Gasteiger partial charge on any atom is 0.319 e. The predicted octanol–water partition coefficient (Wildman–Crippen LogP) is 1.88. The molecule has 1 atom stereocenters. The van der Waals surface area contributed by atoms with Crippen molar-refractivity contribution in [3.05, 3.63) is 0 Å². The summed E-state index contributed by atoms with van der Waals surface area (Å²) in [5, 5.41) is 9.01. The summed E-state index contributed by atoms with van der Waals surface area (Å²) in [6.45, 7) is 7.90. The Labute approximate surface area is 109 Å². The van der Waals surface area contributed by atoms with Crippen LogP contribution in [-0.4, -0.2) is 53.6 Å². The Morgan fingerprint density at radius 2 is 2.00 bits per heavy atom. The van der Waals surface area contributed by atoms with Crippen molar-refractivity contribution in [2.24, 2.45) is 11.3 Å². The van der Waals surface area contributed by atoms with Crippen molar-refractivity contribution in [2.75, 3.05) is 26.7 Å². The van der Waals surface area contributed by atoms with E-state index in [1.54, 1.807) is 16.8 Å². The van der Waals surface area contributed by atoms with Crippen LogP contribution in [0.5, 0.6) is 0 Å². The zero-order chi connectivity index (χ0) is 13.9. The molecule has 0 aromatic rings. The smallest absolute Gasteiger partial charge is 0.319 e. The van der Waals surface area contributed by atoms with Gasteiger partial charge in [-0.2, -0.15) is 0 Å². The van der Waals surface area contributed by atoms with Crippen molar-refractivity contribution >= 4 is 12.0 Å². The minimum Gasteiger partial charge on any atom is -0.481 e. The summed E-state index contributed by atoms with van der Waals surface area (Å²) in [4.78, 5) is 26.5. The van der Waals surface area contributed by atoms with Gasteiger partial charge in [0, 0.05) is 26.7 Å². The van der Waals surface area contributed by atoms with Gasteiger partial charge in [0.15, 0.2) is 0 Å². The van der Waals surface area contributed by atoms with Crippen LogP contribution in [0.2, 0.25) is 0 Å². The fourth-order valence-electron chi connectivity index (χ4n) is 2.37. The number of hydrogen-bond acceptors (Lipinski definition) is 2. The molecular weight excluding hydrogens is 232 g/mol. The van der Waals surface area contributed by atoms with Gasteiger partial charge < -0.3 is 14.9 Å². The van der Waals surface area contributed by atoms with E-state index in [-0.39, 0.29) is 11.4 Å². The standard InChI is InChI=1S/C13H24N2O3/c1-13(2,3)9-14(4)12(18)15-7-5-6-10(8-15)11(16)17/h10H,5-9H2,1-4H3,(H,16,17)/t10-/m1/s1. The minimum absolute atomic E-state index is 0.0480. The van der Waals surface area contributed by atoms with Crippen molar-refractivity contribution in [1.82, 2.24) is 9.80 Å². The number of piperidine rings is 1. The zero-order valence-electron chi connectivity index (χ0n) is 11.8. The second-order valence-electron chi connectivity index (χ2n) is 6.32. The summed E-state index contributed by atoms with van der Waals surface area (Å²) in [6, 6.07) is -0.0594. The highest BCUT2D eigenvalue weighted by Gasteiger charge is 2.30. The molecule has 104 valence electrons. The average Bonchev–Trinajstić information content (AvgIpc) is 2.26. The SMILES string of the molecule is CN(CC(C)(C)C)C(=O)N1CCC[C@@H](C(=O)O)C1. The molecule has 1 aliphatic rings. The Hall–Kier alpha value is -1.26. The highest BCUT2D eigenvalue weighted by atomic mass is 16.4.